The van der Waals surface area contributed by atoms with E-state index < -0.39 is 5.92 Å². The molecule has 0 radical (unpaired) electrons. The molecule has 0 spiro atoms. The summed E-state index contributed by atoms with van der Waals surface area (Å²) in [5, 5.41) is 6.35. The molecule has 2 aromatic carbocycles. The summed E-state index contributed by atoms with van der Waals surface area (Å²) < 4.78 is 0. The molecule has 0 unspecified atom stereocenters. The zero-order valence-corrected chi connectivity index (χ0v) is 15.9. The largest absolute Gasteiger partial charge is 0.349 e. The maximum absolute atomic E-state index is 12.8. The highest BCUT2D eigenvalue weighted by atomic mass is 35.5. The molecule has 4 rings (SSSR count). The van der Waals surface area contributed by atoms with Crippen LogP contribution in [-0.4, -0.2) is 30.3 Å². The first-order valence-electron chi connectivity index (χ1n) is 9.28. The van der Waals surface area contributed by atoms with Crippen LogP contribution in [0.4, 0.5) is 11.4 Å². The number of amides is 3. The second-order valence-electron chi connectivity index (χ2n) is 7.16. The number of nitrogens with one attached hydrogen (secondary N) is 2. The minimum atomic E-state index is -0.484. The summed E-state index contributed by atoms with van der Waals surface area (Å²) >= 11 is 5.90. The monoisotopic (exact) mass is 397 g/mol. The number of anilines is 2. The topological polar surface area (TPSA) is 78.5 Å². The van der Waals surface area contributed by atoms with Gasteiger partial charge in [-0.2, -0.15) is 0 Å². The molecule has 1 atom stereocenters. The van der Waals surface area contributed by atoms with Crippen molar-refractivity contribution >= 4 is 40.7 Å². The molecule has 0 bridgehead atoms. The number of carbonyl (C=O) groups excluding carboxylic acids is 3. The SMILES string of the molecule is O=C(NC1CC1)c1ccccc1NC(=O)[C@@H]1CC(=O)N(c2ccc(Cl)cc2)C1. The molecule has 2 fully saturated rings. The number of nitrogens with zero attached hydrogens (tertiary/aromatic N) is 1. The molecule has 28 heavy (non-hydrogen) atoms. The Hall–Kier alpha value is -2.86. The molecule has 2 N–H and O–H groups in total. The molecule has 7 heteroatoms. The van der Waals surface area contributed by atoms with Gasteiger partial charge in [-0.1, -0.05) is 23.7 Å². The van der Waals surface area contributed by atoms with Gasteiger partial charge in [-0.3, -0.25) is 14.4 Å². The Balaban J connectivity index is 1.45. The van der Waals surface area contributed by atoms with Gasteiger partial charge in [0.25, 0.3) is 5.91 Å². The van der Waals surface area contributed by atoms with Crippen LogP contribution in [0.1, 0.15) is 29.6 Å². The van der Waals surface area contributed by atoms with E-state index in [1.165, 1.54) is 0 Å². The van der Waals surface area contributed by atoms with Crippen molar-refractivity contribution in [3.63, 3.8) is 0 Å². The summed E-state index contributed by atoms with van der Waals surface area (Å²) in [6.45, 7) is 0.294. The Morgan fingerprint density at radius 2 is 1.75 bits per heavy atom. The predicted octanol–water partition coefficient (Wildman–Crippen LogP) is 3.22. The minimum absolute atomic E-state index is 0.109. The van der Waals surface area contributed by atoms with Crippen LogP contribution < -0.4 is 15.5 Å². The number of rotatable bonds is 5. The van der Waals surface area contributed by atoms with E-state index in [9.17, 15) is 14.4 Å². The molecule has 1 aliphatic carbocycles. The van der Waals surface area contributed by atoms with Gasteiger partial charge < -0.3 is 15.5 Å². The van der Waals surface area contributed by atoms with Gasteiger partial charge in [-0.25, -0.2) is 0 Å². The van der Waals surface area contributed by atoms with Gasteiger partial charge in [0, 0.05) is 29.7 Å². The number of hydrogen-bond donors (Lipinski definition) is 2. The molecular weight excluding hydrogens is 378 g/mol. The summed E-state index contributed by atoms with van der Waals surface area (Å²) in [5.41, 5.74) is 1.61. The third-order valence-corrected chi connectivity index (χ3v) is 5.23. The molecular formula is C21H20ClN3O3. The number of halogens is 1. The van der Waals surface area contributed by atoms with Crippen molar-refractivity contribution < 1.29 is 14.4 Å². The van der Waals surface area contributed by atoms with Crippen LogP contribution in [0.2, 0.25) is 5.02 Å². The number of benzene rings is 2. The lowest BCUT2D eigenvalue weighted by molar-refractivity contribution is -0.122. The van der Waals surface area contributed by atoms with Crippen molar-refractivity contribution in [2.24, 2.45) is 5.92 Å². The van der Waals surface area contributed by atoms with E-state index in [4.69, 9.17) is 11.6 Å². The summed E-state index contributed by atoms with van der Waals surface area (Å²) in [6.07, 6.45) is 2.11. The molecule has 144 valence electrons. The van der Waals surface area contributed by atoms with Crippen molar-refractivity contribution in [2.75, 3.05) is 16.8 Å². The fourth-order valence-corrected chi connectivity index (χ4v) is 3.40. The highest BCUT2D eigenvalue weighted by Crippen LogP contribution is 2.28. The van der Waals surface area contributed by atoms with Crippen LogP contribution in [0.15, 0.2) is 48.5 Å². The summed E-state index contributed by atoms with van der Waals surface area (Å²) in [6, 6.07) is 14.1. The van der Waals surface area contributed by atoms with Crippen LogP contribution in [0, 0.1) is 5.92 Å². The fourth-order valence-electron chi connectivity index (χ4n) is 3.27. The van der Waals surface area contributed by atoms with E-state index in [1.54, 1.807) is 53.4 Å². The Morgan fingerprint density at radius 3 is 2.46 bits per heavy atom. The Bertz CT molecular complexity index is 925. The van der Waals surface area contributed by atoms with Gasteiger partial charge in [-0.15, -0.1) is 0 Å². The van der Waals surface area contributed by atoms with E-state index in [0.717, 1.165) is 12.8 Å². The molecule has 1 heterocycles. The lowest BCUT2D eigenvalue weighted by atomic mass is 10.1. The van der Waals surface area contributed by atoms with E-state index in [-0.39, 0.29) is 30.2 Å². The summed E-state index contributed by atoms with van der Waals surface area (Å²) in [4.78, 5) is 39.1. The molecule has 2 aromatic rings. The Kier molecular flexibility index (Phi) is 5.05. The lowest BCUT2D eigenvalue weighted by Gasteiger charge is -2.17. The first-order valence-corrected chi connectivity index (χ1v) is 9.66. The second kappa shape index (κ2) is 7.64. The van der Waals surface area contributed by atoms with Gasteiger partial charge in [0.2, 0.25) is 11.8 Å². The van der Waals surface area contributed by atoms with Gasteiger partial charge in [0.1, 0.15) is 0 Å². The van der Waals surface area contributed by atoms with Crippen molar-refractivity contribution in [1.82, 2.24) is 5.32 Å². The van der Waals surface area contributed by atoms with Crippen molar-refractivity contribution in [3.8, 4) is 0 Å². The summed E-state index contributed by atoms with van der Waals surface area (Å²) in [5.74, 6) is -1.05. The zero-order valence-electron chi connectivity index (χ0n) is 15.2. The van der Waals surface area contributed by atoms with Gasteiger partial charge in [0.05, 0.1) is 17.2 Å². The van der Waals surface area contributed by atoms with E-state index >= 15 is 0 Å². The van der Waals surface area contributed by atoms with Crippen LogP contribution >= 0.6 is 11.6 Å². The number of hydrogen-bond acceptors (Lipinski definition) is 3. The summed E-state index contributed by atoms with van der Waals surface area (Å²) in [7, 11) is 0. The highest BCUT2D eigenvalue weighted by Gasteiger charge is 2.35. The lowest BCUT2D eigenvalue weighted by Crippen LogP contribution is -2.30. The maximum Gasteiger partial charge on any atom is 0.253 e. The Morgan fingerprint density at radius 1 is 1.04 bits per heavy atom. The zero-order chi connectivity index (χ0) is 19.7. The average Bonchev–Trinajstić information content (AvgIpc) is 3.41. The van der Waals surface area contributed by atoms with E-state index in [1.807, 2.05) is 0 Å². The van der Waals surface area contributed by atoms with Gasteiger partial charge in [0.15, 0.2) is 0 Å². The van der Waals surface area contributed by atoms with Crippen LogP contribution in [0.3, 0.4) is 0 Å². The molecule has 0 aromatic heterocycles. The normalized spacial score (nSPS) is 18.8. The molecule has 1 saturated carbocycles. The number of carbonyl (C=O) groups is 3. The van der Waals surface area contributed by atoms with Crippen LogP contribution in [0.5, 0.6) is 0 Å². The molecule has 6 nitrogen and oxygen atoms in total. The number of para-hydroxylation sites is 1. The Labute approximate surface area is 167 Å². The van der Waals surface area contributed by atoms with Crippen LogP contribution in [0.25, 0.3) is 0 Å². The quantitative estimate of drug-likeness (QED) is 0.813. The predicted molar refractivity (Wildman–Crippen MR) is 107 cm³/mol. The second-order valence-corrected chi connectivity index (χ2v) is 7.60. The van der Waals surface area contributed by atoms with Crippen molar-refractivity contribution in [3.05, 3.63) is 59.1 Å². The maximum atomic E-state index is 12.8. The average molecular weight is 398 g/mol. The van der Waals surface area contributed by atoms with Crippen molar-refractivity contribution in [1.29, 1.82) is 0 Å². The molecule has 1 aliphatic heterocycles. The third-order valence-electron chi connectivity index (χ3n) is 4.98. The van der Waals surface area contributed by atoms with E-state index in [2.05, 4.69) is 10.6 Å². The fraction of sp³-hybridized carbons (Fsp3) is 0.286. The highest BCUT2D eigenvalue weighted by molar-refractivity contribution is 6.30. The van der Waals surface area contributed by atoms with Gasteiger partial charge >= 0.3 is 0 Å². The minimum Gasteiger partial charge on any atom is -0.349 e. The third kappa shape index (κ3) is 4.02. The molecule has 1 saturated heterocycles. The first kappa shape index (κ1) is 18.5. The van der Waals surface area contributed by atoms with E-state index in [0.29, 0.717) is 28.5 Å². The van der Waals surface area contributed by atoms with Crippen molar-refractivity contribution in [2.45, 2.75) is 25.3 Å². The first-order chi connectivity index (χ1) is 13.5. The smallest absolute Gasteiger partial charge is 0.253 e. The molecule has 3 amide bonds. The molecule has 2 aliphatic rings. The van der Waals surface area contributed by atoms with Crippen LogP contribution in [-0.2, 0) is 9.59 Å². The van der Waals surface area contributed by atoms with Gasteiger partial charge in [-0.05, 0) is 49.2 Å². The standard InChI is InChI=1S/C21H20ClN3O3/c22-14-5-9-16(10-6-14)25-12-13(11-19(25)26)20(27)24-18-4-2-1-3-17(18)21(28)23-15-7-8-15/h1-6,9-10,13,15H,7-8,11-12H2,(H,23,28)(H,24,27)/t13-/m1/s1.